The number of aromatic nitrogens is 1. The molecule has 5 rings (SSSR count). The fourth-order valence-electron chi connectivity index (χ4n) is 4.40. The molecule has 3 aromatic rings. The van der Waals surface area contributed by atoms with Gasteiger partial charge in [-0.15, -0.1) is 0 Å². The molecule has 4 heteroatoms. The Labute approximate surface area is 164 Å². The van der Waals surface area contributed by atoms with Gasteiger partial charge in [0.05, 0.1) is 16.8 Å². The number of benzene rings is 2. The Bertz CT molecular complexity index is 1090. The van der Waals surface area contributed by atoms with E-state index >= 15 is 0 Å². The quantitative estimate of drug-likeness (QED) is 0.745. The second kappa shape index (κ2) is 6.88. The molecule has 0 spiro atoms. The molecule has 1 aliphatic carbocycles. The Balaban J connectivity index is 1.67. The maximum atomic E-state index is 13.5. The van der Waals surface area contributed by atoms with Crippen LogP contribution < -0.4 is 5.73 Å². The number of nitrogens with zero attached hydrogens (tertiary/aromatic N) is 2. The zero-order chi connectivity index (χ0) is 19.1. The Morgan fingerprint density at radius 2 is 1.86 bits per heavy atom. The van der Waals surface area contributed by atoms with Gasteiger partial charge in [-0.25, -0.2) is 4.98 Å². The van der Waals surface area contributed by atoms with Gasteiger partial charge in [-0.2, -0.15) is 0 Å². The third-order valence-corrected chi connectivity index (χ3v) is 5.81. The lowest BCUT2D eigenvalue weighted by atomic mass is 9.99. The van der Waals surface area contributed by atoms with Crippen LogP contribution in [0.3, 0.4) is 0 Å². The Morgan fingerprint density at radius 1 is 1.07 bits per heavy atom. The highest BCUT2D eigenvalue weighted by Crippen LogP contribution is 2.38. The van der Waals surface area contributed by atoms with Crippen molar-refractivity contribution in [1.82, 2.24) is 9.88 Å². The van der Waals surface area contributed by atoms with E-state index in [0.29, 0.717) is 6.54 Å². The summed E-state index contributed by atoms with van der Waals surface area (Å²) in [6.07, 6.45) is 4.84. The predicted molar refractivity (Wildman–Crippen MR) is 113 cm³/mol. The van der Waals surface area contributed by atoms with Gasteiger partial charge < -0.3 is 10.6 Å². The second-order valence-electron chi connectivity index (χ2n) is 7.71. The van der Waals surface area contributed by atoms with Gasteiger partial charge in [0.25, 0.3) is 5.91 Å². The highest BCUT2D eigenvalue weighted by atomic mass is 16.2. The van der Waals surface area contributed by atoms with E-state index in [9.17, 15) is 4.79 Å². The van der Waals surface area contributed by atoms with Gasteiger partial charge in [0.1, 0.15) is 0 Å². The minimum Gasteiger partial charge on any atom is -0.337 e. The van der Waals surface area contributed by atoms with Gasteiger partial charge in [-0.3, -0.25) is 4.79 Å². The minimum atomic E-state index is 0.0821. The molecule has 0 unspecified atom stereocenters. The third kappa shape index (κ3) is 2.90. The standard InChI is InChI=1S/C24H23N3O/c25-18-12-13-27(15-18)24(28)22-19-8-4-5-9-21(19)26-23-17(10-11-20(22)23)14-16-6-2-1-3-7-16/h1-9,14,18H,10-13,15,25H2/b17-14-/t18-/m1/s1. The zero-order valence-corrected chi connectivity index (χ0v) is 15.8. The van der Waals surface area contributed by atoms with Gasteiger partial charge in [0.15, 0.2) is 0 Å². The van der Waals surface area contributed by atoms with Crippen molar-refractivity contribution in [2.75, 3.05) is 13.1 Å². The Kier molecular flexibility index (Phi) is 4.21. The molecule has 1 saturated heterocycles. The molecule has 1 aromatic heterocycles. The summed E-state index contributed by atoms with van der Waals surface area (Å²) < 4.78 is 0. The number of para-hydroxylation sites is 1. The summed E-state index contributed by atoms with van der Waals surface area (Å²) in [5, 5.41) is 0.952. The molecule has 2 heterocycles. The van der Waals surface area contributed by atoms with Crippen molar-refractivity contribution in [3.05, 3.63) is 77.0 Å². The maximum Gasteiger partial charge on any atom is 0.254 e. The van der Waals surface area contributed by atoms with Gasteiger partial charge in [-0.1, -0.05) is 48.5 Å². The largest absolute Gasteiger partial charge is 0.337 e. The lowest BCUT2D eigenvalue weighted by Gasteiger charge is -2.19. The number of pyridine rings is 1. The molecule has 4 nitrogen and oxygen atoms in total. The molecule has 2 aliphatic rings. The van der Waals surface area contributed by atoms with Crippen molar-refractivity contribution in [3.8, 4) is 0 Å². The molecular formula is C24H23N3O. The van der Waals surface area contributed by atoms with Crippen molar-refractivity contribution < 1.29 is 4.79 Å². The molecule has 0 bridgehead atoms. The number of carbonyl (C=O) groups excluding carboxylic acids is 1. The summed E-state index contributed by atoms with van der Waals surface area (Å²) in [6, 6.07) is 18.4. The molecule has 1 amide bonds. The van der Waals surface area contributed by atoms with Crippen molar-refractivity contribution in [3.63, 3.8) is 0 Å². The number of likely N-dealkylation sites (tertiary alicyclic amines) is 1. The van der Waals surface area contributed by atoms with Crippen molar-refractivity contribution in [1.29, 1.82) is 0 Å². The van der Waals surface area contributed by atoms with E-state index in [0.717, 1.165) is 53.5 Å². The van der Waals surface area contributed by atoms with Crippen molar-refractivity contribution in [2.45, 2.75) is 25.3 Å². The highest BCUT2D eigenvalue weighted by molar-refractivity contribution is 6.09. The third-order valence-electron chi connectivity index (χ3n) is 5.81. The van der Waals surface area contributed by atoms with Crippen LogP contribution in [0.25, 0.3) is 22.6 Å². The van der Waals surface area contributed by atoms with Crippen LogP contribution in [0.1, 0.15) is 40.0 Å². The summed E-state index contributed by atoms with van der Waals surface area (Å²) in [7, 11) is 0. The first-order chi connectivity index (χ1) is 13.7. The molecule has 0 radical (unpaired) electrons. The van der Waals surface area contributed by atoms with Crippen LogP contribution in [0, 0.1) is 0 Å². The van der Waals surface area contributed by atoms with E-state index in [2.05, 4.69) is 18.2 Å². The molecular weight excluding hydrogens is 346 g/mol. The average Bonchev–Trinajstić information content (AvgIpc) is 3.33. The molecule has 140 valence electrons. The predicted octanol–water partition coefficient (Wildman–Crippen LogP) is 3.89. The number of fused-ring (bicyclic) bond motifs is 2. The fourth-order valence-corrected chi connectivity index (χ4v) is 4.40. The summed E-state index contributed by atoms with van der Waals surface area (Å²) in [5.41, 5.74) is 12.2. The molecule has 1 atom stereocenters. The van der Waals surface area contributed by atoms with E-state index in [1.54, 1.807) is 0 Å². The van der Waals surface area contributed by atoms with Gasteiger partial charge in [0, 0.05) is 24.5 Å². The molecule has 1 aliphatic heterocycles. The van der Waals surface area contributed by atoms with Crippen LogP contribution in [0.5, 0.6) is 0 Å². The van der Waals surface area contributed by atoms with Crippen LogP contribution in [-0.2, 0) is 6.42 Å². The molecule has 2 aromatic carbocycles. The first-order valence-corrected chi connectivity index (χ1v) is 9.93. The molecule has 2 N–H and O–H groups in total. The number of hydrogen-bond donors (Lipinski definition) is 1. The Hall–Kier alpha value is -2.98. The number of allylic oxidation sites excluding steroid dienone is 1. The van der Waals surface area contributed by atoms with E-state index < -0.39 is 0 Å². The topological polar surface area (TPSA) is 59.2 Å². The number of nitrogens with two attached hydrogens (primary N) is 1. The minimum absolute atomic E-state index is 0.0821. The fraction of sp³-hybridized carbons (Fsp3) is 0.250. The van der Waals surface area contributed by atoms with Crippen molar-refractivity contribution >= 4 is 28.5 Å². The summed E-state index contributed by atoms with van der Waals surface area (Å²) >= 11 is 0. The second-order valence-corrected chi connectivity index (χ2v) is 7.71. The van der Waals surface area contributed by atoms with Crippen LogP contribution in [0.4, 0.5) is 0 Å². The monoisotopic (exact) mass is 369 g/mol. The number of hydrogen-bond acceptors (Lipinski definition) is 3. The first kappa shape index (κ1) is 17.1. The van der Waals surface area contributed by atoms with Gasteiger partial charge >= 0.3 is 0 Å². The number of rotatable bonds is 2. The molecule has 1 fully saturated rings. The Morgan fingerprint density at radius 3 is 2.64 bits per heavy atom. The van der Waals surface area contributed by atoms with Crippen LogP contribution in [0.15, 0.2) is 54.6 Å². The van der Waals surface area contributed by atoms with Gasteiger partial charge in [0.2, 0.25) is 0 Å². The number of amides is 1. The molecule has 28 heavy (non-hydrogen) atoms. The lowest BCUT2D eigenvalue weighted by molar-refractivity contribution is 0.0791. The van der Waals surface area contributed by atoms with E-state index in [1.165, 1.54) is 11.1 Å². The van der Waals surface area contributed by atoms with E-state index in [4.69, 9.17) is 10.7 Å². The average molecular weight is 369 g/mol. The van der Waals surface area contributed by atoms with E-state index in [-0.39, 0.29) is 11.9 Å². The summed E-state index contributed by atoms with van der Waals surface area (Å²) in [6.45, 7) is 1.37. The van der Waals surface area contributed by atoms with Crippen LogP contribution >= 0.6 is 0 Å². The molecule has 0 saturated carbocycles. The number of carbonyl (C=O) groups is 1. The summed E-state index contributed by atoms with van der Waals surface area (Å²) in [5.74, 6) is 0.101. The van der Waals surface area contributed by atoms with Crippen molar-refractivity contribution in [2.24, 2.45) is 5.73 Å². The highest BCUT2D eigenvalue weighted by Gasteiger charge is 2.31. The van der Waals surface area contributed by atoms with Crippen LogP contribution in [0.2, 0.25) is 0 Å². The maximum absolute atomic E-state index is 13.5. The van der Waals surface area contributed by atoms with Gasteiger partial charge in [-0.05, 0) is 48.1 Å². The van der Waals surface area contributed by atoms with E-state index in [1.807, 2.05) is 47.4 Å². The normalized spacial score (nSPS) is 20.1. The van der Waals surface area contributed by atoms with Crippen LogP contribution in [-0.4, -0.2) is 34.9 Å². The zero-order valence-electron chi connectivity index (χ0n) is 15.8. The lowest BCUT2D eigenvalue weighted by Crippen LogP contribution is -2.32. The smallest absolute Gasteiger partial charge is 0.254 e. The summed E-state index contributed by atoms with van der Waals surface area (Å²) in [4.78, 5) is 20.3. The first-order valence-electron chi connectivity index (χ1n) is 9.93. The SMILES string of the molecule is N[C@@H]1CCN(C(=O)c2c3c(nc4ccccc24)/C(=C\c2ccccc2)CC3)C1.